The first-order valence-corrected chi connectivity index (χ1v) is 10.0. The maximum atomic E-state index is 12.8. The van der Waals surface area contributed by atoms with E-state index in [4.69, 9.17) is 4.74 Å². The number of aryl methyl sites for hydroxylation is 1. The van der Waals surface area contributed by atoms with Gasteiger partial charge in [-0.1, -0.05) is 57.9 Å². The average Bonchev–Trinajstić information content (AvgIpc) is 2.67. The maximum absolute atomic E-state index is 12.8. The Morgan fingerprint density at radius 3 is 2.21 bits per heavy atom. The number of amides is 2. The number of hydrogen-bond donors (Lipinski definition) is 2. The molecule has 0 fully saturated rings. The SMILES string of the molecule is COC(=O)CC(NC(=O)CC(NC(C)=O)c1ccc(C)cc1)c1cccc(Br)c1. The molecule has 2 atom stereocenters. The summed E-state index contributed by atoms with van der Waals surface area (Å²) in [6.07, 6.45) is 0.0579. The van der Waals surface area contributed by atoms with Crippen molar-refractivity contribution in [2.24, 2.45) is 0 Å². The van der Waals surface area contributed by atoms with Crippen LogP contribution < -0.4 is 10.6 Å². The summed E-state index contributed by atoms with van der Waals surface area (Å²) < 4.78 is 5.61. The molecule has 0 radical (unpaired) electrons. The second kappa shape index (κ2) is 10.8. The van der Waals surface area contributed by atoms with E-state index in [1.165, 1.54) is 14.0 Å². The summed E-state index contributed by atoms with van der Waals surface area (Å²) >= 11 is 3.41. The standard InChI is InChI=1S/C22H25BrN2O4/c1-14-7-9-16(10-8-14)19(24-15(2)26)12-21(27)25-20(13-22(28)29-3)17-5-4-6-18(23)11-17/h4-11,19-20H,12-13H2,1-3H3,(H,24,26)(H,25,27). The molecule has 154 valence electrons. The molecule has 0 heterocycles. The van der Waals surface area contributed by atoms with Gasteiger partial charge in [-0.2, -0.15) is 0 Å². The lowest BCUT2D eigenvalue weighted by molar-refractivity contribution is -0.141. The monoisotopic (exact) mass is 460 g/mol. The highest BCUT2D eigenvalue weighted by Gasteiger charge is 2.22. The van der Waals surface area contributed by atoms with E-state index in [0.717, 1.165) is 21.2 Å². The largest absolute Gasteiger partial charge is 0.469 e. The van der Waals surface area contributed by atoms with Gasteiger partial charge in [-0.05, 0) is 30.2 Å². The Hall–Kier alpha value is -2.67. The maximum Gasteiger partial charge on any atom is 0.307 e. The summed E-state index contributed by atoms with van der Waals surface area (Å²) in [5.41, 5.74) is 2.71. The van der Waals surface area contributed by atoms with Crippen LogP contribution in [-0.4, -0.2) is 24.9 Å². The fraction of sp³-hybridized carbons (Fsp3) is 0.318. The van der Waals surface area contributed by atoms with Gasteiger partial charge in [0.25, 0.3) is 0 Å². The van der Waals surface area contributed by atoms with E-state index < -0.39 is 18.1 Å². The smallest absolute Gasteiger partial charge is 0.307 e. The molecule has 0 bridgehead atoms. The van der Waals surface area contributed by atoms with Gasteiger partial charge in [-0.15, -0.1) is 0 Å². The Balaban J connectivity index is 2.18. The number of methoxy groups -OCH3 is 1. The molecule has 0 saturated heterocycles. The molecular formula is C22H25BrN2O4. The second-order valence-electron chi connectivity index (χ2n) is 6.82. The molecular weight excluding hydrogens is 436 g/mol. The van der Waals surface area contributed by atoms with Gasteiger partial charge < -0.3 is 15.4 Å². The fourth-order valence-corrected chi connectivity index (χ4v) is 3.38. The van der Waals surface area contributed by atoms with Crippen LogP contribution >= 0.6 is 15.9 Å². The lowest BCUT2D eigenvalue weighted by atomic mass is 10.00. The number of benzene rings is 2. The molecule has 29 heavy (non-hydrogen) atoms. The predicted molar refractivity (Wildman–Crippen MR) is 114 cm³/mol. The third-order valence-corrected chi connectivity index (χ3v) is 4.92. The van der Waals surface area contributed by atoms with Crippen molar-refractivity contribution in [3.05, 3.63) is 69.7 Å². The molecule has 0 aromatic heterocycles. The Bertz CT molecular complexity index is 867. The van der Waals surface area contributed by atoms with Crippen molar-refractivity contribution >= 4 is 33.7 Å². The van der Waals surface area contributed by atoms with Gasteiger partial charge in [0, 0.05) is 11.4 Å². The third kappa shape index (κ3) is 7.34. The molecule has 0 aliphatic carbocycles. The zero-order chi connectivity index (χ0) is 21.4. The first-order valence-electron chi connectivity index (χ1n) is 9.23. The highest BCUT2D eigenvalue weighted by molar-refractivity contribution is 9.10. The Kier molecular flexibility index (Phi) is 8.39. The quantitative estimate of drug-likeness (QED) is 0.587. The topological polar surface area (TPSA) is 84.5 Å². The molecule has 0 aliphatic rings. The van der Waals surface area contributed by atoms with E-state index in [0.29, 0.717) is 0 Å². The van der Waals surface area contributed by atoms with Crippen molar-refractivity contribution in [2.75, 3.05) is 7.11 Å². The number of halogens is 1. The van der Waals surface area contributed by atoms with Crippen molar-refractivity contribution in [1.82, 2.24) is 10.6 Å². The Labute approximate surface area is 179 Å². The molecule has 2 amide bonds. The molecule has 0 saturated carbocycles. The van der Waals surface area contributed by atoms with Gasteiger partial charge in [0.1, 0.15) is 0 Å². The molecule has 2 unspecified atom stereocenters. The fourth-order valence-electron chi connectivity index (χ4n) is 2.96. The minimum Gasteiger partial charge on any atom is -0.469 e. The molecule has 2 aromatic rings. The number of ether oxygens (including phenoxy) is 1. The molecule has 0 aliphatic heterocycles. The highest BCUT2D eigenvalue weighted by atomic mass is 79.9. The summed E-state index contributed by atoms with van der Waals surface area (Å²) in [7, 11) is 1.31. The van der Waals surface area contributed by atoms with Gasteiger partial charge in [0.15, 0.2) is 0 Å². The predicted octanol–water partition coefficient (Wildman–Crippen LogP) is 3.75. The van der Waals surface area contributed by atoms with Crippen LogP contribution in [0.2, 0.25) is 0 Å². The molecule has 2 aromatic carbocycles. The highest BCUT2D eigenvalue weighted by Crippen LogP contribution is 2.23. The number of rotatable bonds is 8. The summed E-state index contributed by atoms with van der Waals surface area (Å²) in [6.45, 7) is 3.39. The van der Waals surface area contributed by atoms with E-state index in [1.54, 1.807) is 0 Å². The van der Waals surface area contributed by atoms with Crippen LogP contribution in [0.25, 0.3) is 0 Å². The summed E-state index contributed by atoms with van der Waals surface area (Å²) in [4.78, 5) is 36.3. The van der Waals surface area contributed by atoms with Crippen LogP contribution in [-0.2, 0) is 19.1 Å². The van der Waals surface area contributed by atoms with Crippen molar-refractivity contribution in [1.29, 1.82) is 0 Å². The van der Waals surface area contributed by atoms with Gasteiger partial charge in [-0.25, -0.2) is 0 Å². The number of carbonyl (C=O) groups excluding carboxylic acids is 3. The van der Waals surface area contributed by atoms with Gasteiger partial charge >= 0.3 is 5.97 Å². The molecule has 7 heteroatoms. The van der Waals surface area contributed by atoms with Crippen LogP contribution in [0, 0.1) is 6.92 Å². The summed E-state index contributed by atoms with van der Waals surface area (Å²) in [5, 5.41) is 5.72. The number of hydrogen-bond acceptors (Lipinski definition) is 4. The number of nitrogens with one attached hydrogen (secondary N) is 2. The van der Waals surface area contributed by atoms with Gasteiger partial charge in [0.05, 0.1) is 32.0 Å². The Morgan fingerprint density at radius 2 is 1.62 bits per heavy atom. The summed E-state index contributed by atoms with van der Waals surface area (Å²) in [5.74, 6) is -0.924. The first kappa shape index (κ1) is 22.6. The molecule has 6 nitrogen and oxygen atoms in total. The van der Waals surface area contributed by atoms with Crippen LogP contribution in [0.15, 0.2) is 53.0 Å². The van der Waals surface area contributed by atoms with E-state index in [9.17, 15) is 14.4 Å². The van der Waals surface area contributed by atoms with Crippen molar-refractivity contribution in [3.8, 4) is 0 Å². The van der Waals surface area contributed by atoms with Gasteiger partial charge in [-0.3, -0.25) is 14.4 Å². The van der Waals surface area contributed by atoms with Crippen molar-refractivity contribution in [2.45, 2.75) is 38.8 Å². The zero-order valence-electron chi connectivity index (χ0n) is 16.7. The lowest BCUT2D eigenvalue weighted by Gasteiger charge is -2.22. The van der Waals surface area contributed by atoms with Crippen LogP contribution in [0.5, 0.6) is 0 Å². The minimum absolute atomic E-state index is 0.00796. The van der Waals surface area contributed by atoms with E-state index in [1.807, 2.05) is 55.5 Å². The molecule has 2 rings (SSSR count). The lowest BCUT2D eigenvalue weighted by Crippen LogP contribution is -2.35. The van der Waals surface area contributed by atoms with E-state index in [2.05, 4.69) is 26.6 Å². The number of carbonyl (C=O) groups is 3. The first-order chi connectivity index (χ1) is 13.8. The van der Waals surface area contributed by atoms with Crippen LogP contribution in [0.3, 0.4) is 0 Å². The minimum atomic E-state index is -0.538. The van der Waals surface area contributed by atoms with E-state index in [-0.39, 0.29) is 24.7 Å². The zero-order valence-corrected chi connectivity index (χ0v) is 18.3. The number of esters is 1. The Morgan fingerprint density at radius 1 is 0.966 bits per heavy atom. The van der Waals surface area contributed by atoms with Crippen LogP contribution in [0.1, 0.15) is 48.5 Å². The van der Waals surface area contributed by atoms with Crippen LogP contribution in [0.4, 0.5) is 0 Å². The van der Waals surface area contributed by atoms with Crippen molar-refractivity contribution in [3.63, 3.8) is 0 Å². The van der Waals surface area contributed by atoms with Gasteiger partial charge in [0.2, 0.25) is 11.8 Å². The van der Waals surface area contributed by atoms with E-state index >= 15 is 0 Å². The third-order valence-electron chi connectivity index (χ3n) is 4.43. The second-order valence-corrected chi connectivity index (χ2v) is 7.74. The summed E-state index contributed by atoms with van der Waals surface area (Å²) in [6, 6.07) is 14.0. The average molecular weight is 461 g/mol. The molecule has 2 N–H and O–H groups in total. The molecule has 0 spiro atoms. The van der Waals surface area contributed by atoms with Crippen molar-refractivity contribution < 1.29 is 19.1 Å². The normalized spacial score (nSPS) is 12.6.